The van der Waals surface area contributed by atoms with Gasteiger partial charge in [-0.05, 0) is 64.9 Å². The normalized spacial score (nSPS) is 22.9. The van der Waals surface area contributed by atoms with Gasteiger partial charge < -0.3 is 29.1 Å². The second-order valence-corrected chi connectivity index (χ2v) is 16.0. The van der Waals surface area contributed by atoms with E-state index in [1.54, 1.807) is 39.5 Å². The van der Waals surface area contributed by atoms with Crippen molar-refractivity contribution in [2.75, 3.05) is 63.2 Å². The number of anilines is 2. The number of β-amino-alcohol motifs (C(OH)–C–C–N with tert-alkyl or cyclic N) is 1. The van der Waals surface area contributed by atoms with Crippen molar-refractivity contribution >= 4 is 49.2 Å². The summed E-state index contributed by atoms with van der Waals surface area (Å²) in [5.74, 6) is -2.10. The van der Waals surface area contributed by atoms with Crippen LogP contribution < -0.4 is 15.0 Å². The zero-order chi connectivity index (χ0) is 41.7. The lowest BCUT2D eigenvalue weighted by Crippen LogP contribution is -2.44. The first-order valence-electron chi connectivity index (χ1n) is 18.5. The van der Waals surface area contributed by atoms with Gasteiger partial charge in [-0.3, -0.25) is 5.32 Å². The molecule has 284 valence electrons. The van der Waals surface area contributed by atoms with Gasteiger partial charge in [-0.25, -0.2) is 18.0 Å². The average molecular weight is 767 g/mol. The molecule has 2 N–H and O–H groups in total. The summed E-state index contributed by atoms with van der Waals surface area (Å²) >= 11 is 0.928. The number of aromatic nitrogens is 2. The molecule has 2 aromatic carbocycles. The highest BCUT2D eigenvalue weighted by molar-refractivity contribution is 7.23. The van der Waals surface area contributed by atoms with Crippen LogP contribution >= 0.6 is 11.3 Å². The monoisotopic (exact) mass is 766 g/mol. The zero-order valence-corrected chi connectivity index (χ0v) is 31.1. The quantitative estimate of drug-likeness (QED) is 0.208. The highest BCUT2D eigenvalue weighted by Gasteiger charge is 2.37. The number of nitrogens with zero attached hydrogens (tertiary/aromatic N) is 6. The lowest BCUT2D eigenvalue weighted by molar-refractivity contribution is -0.0123. The van der Waals surface area contributed by atoms with E-state index >= 15 is 8.78 Å². The Labute approximate surface area is 318 Å². The van der Waals surface area contributed by atoms with Gasteiger partial charge in [0.05, 0.1) is 43.3 Å². The summed E-state index contributed by atoms with van der Waals surface area (Å²) in [4.78, 5) is 24.5. The second kappa shape index (κ2) is 14.7. The van der Waals surface area contributed by atoms with E-state index in [1.165, 1.54) is 17.0 Å². The van der Waals surface area contributed by atoms with Crippen molar-refractivity contribution in [3.05, 3.63) is 52.9 Å². The van der Waals surface area contributed by atoms with E-state index in [4.69, 9.17) is 18.3 Å². The van der Waals surface area contributed by atoms with Crippen LogP contribution in [-0.4, -0.2) is 90.2 Å². The molecule has 12 nitrogen and oxygen atoms in total. The molecule has 2 saturated heterocycles. The predicted octanol–water partition coefficient (Wildman–Crippen LogP) is 7.04. The third-order valence-electron chi connectivity index (χ3n) is 9.16. The molecule has 2 aliphatic heterocycles. The minimum absolute atomic E-state index is 0.00494. The largest absolute Gasteiger partial charge is 0.462 e. The predicted molar refractivity (Wildman–Crippen MR) is 198 cm³/mol. The molecule has 2 aromatic heterocycles. The number of hydrogen-bond donors (Lipinski definition) is 2. The number of nitriles is 2. The van der Waals surface area contributed by atoms with Crippen LogP contribution in [0.4, 0.5) is 28.8 Å². The highest BCUT2D eigenvalue weighted by Crippen LogP contribution is 2.46. The van der Waals surface area contributed by atoms with E-state index in [2.05, 4.69) is 15.3 Å². The topological polar surface area (TPSA) is 157 Å². The van der Waals surface area contributed by atoms with Crippen LogP contribution in [0.25, 0.3) is 32.1 Å². The Kier molecular flexibility index (Phi) is 9.44. The van der Waals surface area contributed by atoms with Gasteiger partial charge in [-0.2, -0.15) is 20.5 Å². The van der Waals surface area contributed by atoms with Gasteiger partial charge in [0, 0.05) is 55.8 Å². The van der Waals surface area contributed by atoms with E-state index in [-0.39, 0.29) is 85.1 Å². The molecule has 0 unspecified atom stereocenters. The van der Waals surface area contributed by atoms with Gasteiger partial charge in [-0.15, -0.1) is 11.3 Å². The van der Waals surface area contributed by atoms with Gasteiger partial charge in [-0.1, -0.05) is 6.92 Å². The number of benzene rings is 2. The lowest BCUT2D eigenvalue weighted by Gasteiger charge is -2.40. The first-order chi connectivity index (χ1) is 26.7. The summed E-state index contributed by atoms with van der Waals surface area (Å²) < 4.78 is 88.8. The molecule has 0 radical (unpaired) electrons. The third kappa shape index (κ3) is 7.65. The zero-order valence-electron chi connectivity index (χ0n) is 33.3. The first kappa shape index (κ1) is 34.7. The Balaban J connectivity index is 1.55. The maximum atomic E-state index is 17.4. The third-order valence-corrected chi connectivity index (χ3v) is 10.2. The molecule has 0 aliphatic carbocycles. The Bertz CT molecular complexity index is 2370. The molecule has 4 heterocycles. The smallest absolute Gasteiger partial charge is 0.412 e. The van der Waals surface area contributed by atoms with E-state index in [1.807, 2.05) is 12.1 Å². The number of ether oxygens (including phenoxy) is 3. The first-order valence-corrected chi connectivity index (χ1v) is 17.8. The van der Waals surface area contributed by atoms with Crippen LogP contribution in [0, 0.1) is 39.7 Å². The van der Waals surface area contributed by atoms with Gasteiger partial charge in [0.25, 0.3) is 0 Å². The molecular weight excluding hydrogens is 724 g/mol. The second-order valence-electron chi connectivity index (χ2n) is 14.9. The van der Waals surface area contributed by atoms with Crippen molar-refractivity contribution in [1.29, 1.82) is 10.5 Å². The Morgan fingerprint density at radius 3 is 2.67 bits per heavy atom. The van der Waals surface area contributed by atoms with Crippen molar-refractivity contribution in [2.45, 2.75) is 52.2 Å². The number of fused-ring (bicyclic) bond motifs is 2. The number of rotatable bonds is 6. The van der Waals surface area contributed by atoms with Crippen molar-refractivity contribution in [2.24, 2.45) is 5.41 Å². The lowest BCUT2D eigenvalue weighted by atomic mass is 9.78. The summed E-state index contributed by atoms with van der Waals surface area (Å²) in [5, 5.41) is 34.3. The number of carbonyl (C=O) groups is 1. The number of halogens is 3. The number of piperidine rings is 1. The molecule has 16 heteroatoms. The summed E-state index contributed by atoms with van der Waals surface area (Å²) in [6.45, 7) is 5.55. The SMILES string of the molecule is [2H]C([2H])([2H])N1CC/C(=C\F)[C@](C)(COc2nc(N3CCOC[C@@](C)(O)C3)c3cc(C#N)c(-c4c(F)ccc5sc(NC(=O)OC(C)(C)C)c(C#N)c45)c(F)c3n2)C1. The van der Waals surface area contributed by atoms with E-state index in [9.17, 15) is 24.8 Å². The fourth-order valence-corrected chi connectivity index (χ4v) is 7.77. The number of thiophene rings is 1. The van der Waals surface area contributed by atoms with E-state index < -0.39 is 64.0 Å². The van der Waals surface area contributed by atoms with Crippen LogP contribution in [0.15, 0.2) is 30.1 Å². The van der Waals surface area contributed by atoms with Crippen molar-refractivity contribution in [3.63, 3.8) is 0 Å². The molecule has 0 spiro atoms. The summed E-state index contributed by atoms with van der Waals surface area (Å²) in [6, 6.07) is 7.22. The van der Waals surface area contributed by atoms with Crippen molar-refractivity contribution in [3.8, 4) is 29.3 Å². The van der Waals surface area contributed by atoms with Crippen LogP contribution in [-0.2, 0) is 9.47 Å². The van der Waals surface area contributed by atoms with Crippen LogP contribution in [0.5, 0.6) is 6.01 Å². The molecular formula is C38H40F3N7O5S. The summed E-state index contributed by atoms with van der Waals surface area (Å²) in [6.07, 6.45) is -0.347. The number of hydrogen-bond acceptors (Lipinski definition) is 12. The summed E-state index contributed by atoms with van der Waals surface area (Å²) in [7, 11) is 0. The minimum atomic E-state index is -2.46. The number of carbonyl (C=O) groups excluding carboxylic acids is 1. The van der Waals surface area contributed by atoms with Crippen LogP contribution in [0.3, 0.4) is 0 Å². The molecule has 2 fully saturated rings. The minimum Gasteiger partial charge on any atom is -0.462 e. The molecule has 54 heavy (non-hydrogen) atoms. The number of nitrogens with one attached hydrogen (secondary N) is 1. The molecule has 1 amide bonds. The highest BCUT2D eigenvalue weighted by atomic mass is 32.1. The van der Waals surface area contributed by atoms with E-state index in [0.717, 1.165) is 17.4 Å². The van der Waals surface area contributed by atoms with Crippen molar-refractivity contribution < 1.29 is 41.4 Å². The number of likely N-dealkylation sites (tertiary alicyclic amines) is 1. The molecule has 2 aliphatic rings. The standard InChI is InChI=1S/C38H40F3N7O5S/c1-36(2,3)53-35(49)46-33-24(16-43)28-26(54-33)8-7-25(40)29(28)27-21(15-42)13-23-31(30(27)41)44-34(45-32(23)48-11-12-51-20-38(5,50)18-48)52-19-37(4)17-47(6)10-9-22(37)14-39/h7-8,13-14,50H,9-12,17-20H2,1-6H3,(H,46,49)/b22-14+/t37-,38-/m0/s1/i6D3. The molecule has 6 rings (SSSR count). The molecule has 0 saturated carbocycles. The van der Waals surface area contributed by atoms with Gasteiger partial charge >= 0.3 is 12.1 Å². The van der Waals surface area contributed by atoms with Crippen molar-refractivity contribution in [1.82, 2.24) is 14.9 Å². The van der Waals surface area contributed by atoms with E-state index in [0.29, 0.717) is 16.6 Å². The summed E-state index contributed by atoms with van der Waals surface area (Å²) in [5.41, 5.74) is -5.04. The Morgan fingerprint density at radius 2 is 1.98 bits per heavy atom. The van der Waals surface area contributed by atoms with Gasteiger partial charge in [0.15, 0.2) is 5.82 Å². The van der Waals surface area contributed by atoms with Gasteiger partial charge in [0.1, 0.15) is 46.0 Å². The van der Waals surface area contributed by atoms with Gasteiger partial charge in [0.2, 0.25) is 0 Å². The molecule has 4 aromatic rings. The van der Waals surface area contributed by atoms with Crippen LogP contribution in [0.1, 0.15) is 56.3 Å². The molecule has 0 bridgehead atoms. The van der Waals surface area contributed by atoms with Crippen LogP contribution in [0.2, 0.25) is 0 Å². The maximum absolute atomic E-state index is 17.4. The number of aliphatic hydroxyl groups is 1. The maximum Gasteiger partial charge on any atom is 0.412 e. The average Bonchev–Trinajstić information content (AvgIpc) is 3.36. The Morgan fingerprint density at radius 1 is 1.20 bits per heavy atom. The fourth-order valence-electron chi connectivity index (χ4n) is 6.72. The molecule has 2 atom stereocenters. The fraction of sp³-hybridized carbons (Fsp3) is 0.447. The Hall–Kier alpha value is -5.00. The number of amides is 1.